The van der Waals surface area contributed by atoms with Gasteiger partial charge < -0.3 is 5.73 Å². The first-order chi connectivity index (χ1) is 8.65. The highest BCUT2D eigenvalue weighted by Crippen LogP contribution is 2.22. The molecule has 0 radical (unpaired) electrons. The summed E-state index contributed by atoms with van der Waals surface area (Å²) in [4.78, 5) is 0.180. The molecule has 1 aromatic rings. The minimum absolute atomic E-state index is 0.138. The van der Waals surface area contributed by atoms with Crippen molar-refractivity contribution in [3.8, 4) is 0 Å². The maximum Gasteiger partial charge on any atom is 0.240 e. The van der Waals surface area contributed by atoms with Crippen molar-refractivity contribution in [2.45, 2.75) is 30.9 Å². The van der Waals surface area contributed by atoms with Gasteiger partial charge in [-0.25, -0.2) is 13.1 Å². The van der Waals surface area contributed by atoms with Gasteiger partial charge in [0.1, 0.15) is 0 Å². The van der Waals surface area contributed by atoms with Crippen LogP contribution in [0.25, 0.3) is 0 Å². The number of rotatable bonds is 5. The Kier molecular flexibility index (Phi) is 5.11. The summed E-state index contributed by atoms with van der Waals surface area (Å²) < 4.78 is 38.1. The summed E-state index contributed by atoms with van der Waals surface area (Å²) >= 11 is 0. The van der Waals surface area contributed by atoms with Gasteiger partial charge in [0.05, 0.1) is 4.90 Å². The Labute approximate surface area is 117 Å². The summed E-state index contributed by atoms with van der Waals surface area (Å²) in [7, 11) is -4.70. The fourth-order valence-corrected chi connectivity index (χ4v) is 3.46. The van der Waals surface area contributed by atoms with Crippen LogP contribution >= 0.6 is 0 Å². The molecule has 0 saturated carbocycles. The normalized spacial score (nSPS) is 15.2. The third kappa shape index (κ3) is 4.02. The second-order valence-corrected chi connectivity index (χ2v) is 8.18. The third-order valence-corrected chi connectivity index (χ3v) is 5.81. The van der Waals surface area contributed by atoms with Crippen LogP contribution in [0.1, 0.15) is 18.1 Å². The van der Waals surface area contributed by atoms with Crippen LogP contribution in [0.2, 0.25) is 0 Å². The van der Waals surface area contributed by atoms with Crippen LogP contribution in [-0.4, -0.2) is 30.7 Å². The maximum absolute atomic E-state index is 12.2. The number of nitrogens with one attached hydrogen (secondary N) is 1. The molecule has 0 aliphatic heterocycles. The number of anilines is 1. The Morgan fingerprint density at radius 3 is 2.47 bits per heavy atom. The molecule has 1 rings (SSSR count). The monoisotopic (exact) mass is 304 g/mol. The van der Waals surface area contributed by atoms with E-state index in [1.165, 1.54) is 0 Å². The second kappa shape index (κ2) is 6.02. The van der Waals surface area contributed by atoms with Crippen LogP contribution in [-0.2, 0) is 20.8 Å². The van der Waals surface area contributed by atoms with Crippen molar-refractivity contribution in [1.29, 1.82) is 0 Å². The van der Waals surface area contributed by atoms with E-state index >= 15 is 0 Å². The van der Waals surface area contributed by atoms with E-state index in [0.717, 1.165) is 5.56 Å². The van der Waals surface area contributed by atoms with Crippen LogP contribution in [0.15, 0.2) is 17.0 Å². The van der Waals surface area contributed by atoms with E-state index in [-0.39, 0.29) is 16.7 Å². The SMILES string of the molecule is Cc1cc(N)c(C)c(S(=O)(=O)NCC(C)S(C)=O)c1. The summed E-state index contributed by atoms with van der Waals surface area (Å²) in [5.41, 5.74) is 7.55. The first kappa shape index (κ1) is 16.1. The van der Waals surface area contributed by atoms with Gasteiger partial charge in [0.15, 0.2) is 0 Å². The predicted octanol–water partition coefficient (Wildman–Crippen LogP) is 0.931. The van der Waals surface area contributed by atoms with Crippen molar-refractivity contribution >= 4 is 26.5 Å². The van der Waals surface area contributed by atoms with Crippen molar-refractivity contribution in [2.24, 2.45) is 0 Å². The van der Waals surface area contributed by atoms with Crippen molar-refractivity contribution in [1.82, 2.24) is 4.72 Å². The average Bonchev–Trinajstić information content (AvgIpc) is 2.30. The lowest BCUT2D eigenvalue weighted by atomic mass is 10.1. The van der Waals surface area contributed by atoms with Gasteiger partial charge >= 0.3 is 0 Å². The fourth-order valence-electron chi connectivity index (χ4n) is 1.55. The number of benzene rings is 1. The van der Waals surface area contributed by atoms with Gasteiger partial charge in [-0.05, 0) is 44.0 Å². The predicted molar refractivity (Wildman–Crippen MR) is 79.0 cm³/mol. The van der Waals surface area contributed by atoms with Crippen molar-refractivity contribution in [3.63, 3.8) is 0 Å². The molecule has 1 aromatic carbocycles. The molecule has 0 bridgehead atoms. The highest BCUT2D eigenvalue weighted by Gasteiger charge is 2.20. The molecule has 7 heteroatoms. The zero-order valence-corrected chi connectivity index (χ0v) is 13.2. The van der Waals surface area contributed by atoms with Crippen LogP contribution < -0.4 is 10.5 Å². The van der Waals surface area contributed by atoms with Gasteiger partial charge in [0.25, 0.3) is 0 Å². The fraction of sp³-hybridized carbons (Fsp3) is 0.500. The number of hydrogen-bond acceptors (Lipinski definition) is 4. The summed E-state index contributed by atoms with van der Waals surface area (Å²) in [5.74, 6) is 0. The van der Waals surface area contributed by atoms with E-state index in [9.17, 15) is 12.6 Å². The van der Waals surface area contributed by atoms with Crippen LogP contribution in [0, 0.1) is 13.8 Å². The molecule has 0 spiro atoms. The molecule has 19 heavy (non-hydrogen) atoms. The minimum Gasteiger partial charge on any atom is -0.398 e. The molecule has 0 saturated heterocycles. The topological polar surface area (TPSA) is 89.3 Å². The Morgan fingerprint density at radius 2 is 1.95 bits per heavy atom. The zero-order chi connectivity index (χ0) is 14.8. The lowest BCUT2D eigenvalue weighted by Crippen LogP contribution is -2.33. The smallest absolute Gasteiger partial charge is 0.240 e. The molecule has 0 fully saturated rings. The van der Waals surface area contributed by atoms with Gasteiger partial charge in [-0.15, -0.1) is 0 Å². The molecule has 2 unspecified atom stereocenters. The molecule has 3 N–H and O–H groups in total. The number of hydrogen-bond donors (Lipinski definition) is 2. The Balaban J connectivity index is 3.05. The Bertz CT molecular complexity index is 597. The van der Waals surface area contributed by atoms with Gasteiger partial charge in [-0.3, -0.25) is 4.21 Å². The molecule has 0 aliphatic rings. The first-order valence-corrected chi connectivity index (χ1v) is 8.94. The van der Waals surface area contributed by atoms with E-state index in [2.05, 4.69) is 4.72 Å². The van der Waals surface area contributed by atoms with Gasteiger partial charge in [0, 0.05) is 34.5 Å². The van der Waals surface area contributed by atoms with E-state index in [0.29, 0.717) is 11.3 Å². The highest BCUT2D eigenvalue weighted by atomic mass is 32.2. The molecule has 0 amide bonds. The molecule has 0 aliphatic carbocycles. The van der Waals surface area contributed by atoms with Crippen LogP contribution in [0.4, 0.5) is 5.69 Å². The minimum atomic E-state index is -3.63. The Hall–Kier alpha value is -0.920. The van der Waals surface area contributed by atoms with Gasteiger partial charge in [0.2, 0.25) is 10.0 Å². The van der Waals surface area contributed by atoms with Gasteiger partial charge in [-0.2, -0.15) is 0 Å². The van der Waals surface area contributed by atoms with E-state index < -0.39 is 20.8 Å². The highest BCUT2D eigenvalue weighted by molar-refractivity contribution is 7.89. The molecule has 2 atom stereocenters. The van der Waals surface area contributed by atoms with Crippen LogP contribution in [0.3, 0.4) is 0 Å². The lowest BCUT2D eigenvalue weighted by Gasteiger charge is -2.14. The van der Waals surface area contributed by atoms with E-state index in [1.807, 2.05) is 0 Å². The largest absolute Gasteiger partial charge is 0.398 e. The van der Waals surface area contributed by atoms with Crippen molar-refractivity contribution in [3.05, 3.63) is 23.3 Å². The van der Waals surface area contributed by atoms with Crippen molar-refractivity contribution < 1.29 is 12.6 Å². The summed E-state index contributed by atoms with van der Waals surface area (Å²) in [6.07, 6.45) is 1.55. The van der Waals surface area contributed by atoms with E-state index in [4.69, 9.17) is 5.73 Å². The first-order valence-electron chi connectivity index (χ1n) is 5.83. The molecule has 0 aromatic heterocycles. The molecule has 108 valence electrons. The molecule has 5 nitrogen and oxygen atoms in total. The third-order valence-electron chi connectivity index (χ3n) is 2.96. The standard InChI is InChI=1S/C12H20N2O3S2/c1-8-5-11(13)10(3)12(6-8)19(16,17)14-7-9(2)18(4)15/h5-6,9,14H,7,13H2,1-4H3. The molecular weight excluding hydrogens is 284 g/mol. The second-order valence-electron chi connectivity index (χ2n) is 4.64. The number of sulfonamides is 1. The lowest BCUT2D eigenvalue weighted by molar-refractivity contribution is 0.580. The quantitative estimate of drug-likeness (QED) is 0.792. The van der Waals surface area contributed by atoms with Crippen LogP contribution in [0.5, 0.6) is 0 Å². The number of aryl methyl sites for hydroxylation is 1. The number of nitrogen functional groups attached to an aromatic ring is 1. The Morgan fingerprint density at radius 1 is 1.37 bits per heavy atom. The summed E-state index contributed by atoms with van der Waals surface area (Å²) in [6, 6.07) is 3.32. The summed E-state index contributed by atoms with van der Waals surface area (Å²) in [5, 5.41) is -0.239. The molecular formula is C12H20N2O3S2. The van der Waals surface area contributed by atoms with E-state index in [1.54, 1.807) is 39.2 Å². The molecule has 0 heterocycles. The zero-order valence-electron chi connectivity index (χ0n) is 11.6. The summed E-state index contributed by atoms with van der Waals surface area (Å²) in [6.45, 7) is 5.33. The van der Waals surface area contributed by atoms with Crippen molar-refractivity contribution in [2.75, 3.05) is 18.5 Å². The maximum atomic E-state index is 12.2. The number of nitrogens with two attached hydrogens (primary N) is 1. The van der Waals surface area contributed by atoms with Gasteiger partial charge in [-0.1, -0.05) is 0 Å². The average molecular weight is 304 g/mol.